The molecule has 0 aromatic heterocycles. The Bertz CT molecular complexity index is 998. The van der Waals surface area contributed by atoms with Crippen LogP contribution in [-0.4, -0.2) is 66.0 Å². The molecule has 7 nitrogen and oxygen atoms in total. The molecule has 1 aliphatic rings. The van der Waals surface area contributed by atoms with Crippen molar-refractivity contribution >= 4 is 18.8 Å². The SMILES string of the molecule is CCCC(C=O)N(C=O)Cc1cc(C#CCCCCCN(C(=O)OC(C)(C)C)C2CCC(OC)CC2)ccc1C. The number of hydrogen-bond donors (Lipinski definition) is 0. The predicted molar refractivity (Wildman–Crippen MR) is 159 cm³/mol. The number of carbonyl (C=O) groups is 3. The van der Waals surface area contributed by atoms with Crippen molar-refractivity contribution in [2.24, 2.45) is 0 Å². The Morgan fingerprint density at radius 1 is 1.12 bits per heavy atom. The van der Waals surface area contributed by atoms with E-state index in [1.165, 1.54) is 0 Å². The Balaban J connectivity index is 1.89. The van der Waals surface area contributed by atoms with Crippen molar-refractivity contribution in [1.29, 1.82) is 0 Å². The molecule has 0 saturated heterocycles. The lowest BCUT2D eigenvalue weighted by atomic mass is 9.92. The zero-order chi connectivity index (χ0) is 29.5. The highest BCUT2D eigenvalue weighted by Gasteiger charge is 2.31. The van der Waals surface area contributed by atoms with Crippen LogP contribution < -0.4 is 0 Å². The zero-order valence-corrected chi connectivity index (χ0v) is 25.5. The van der Waals surface area contributed by atoms with Gasteiger partial charge in [-0.25, -0.2) is 4.79 Å². The predicted octanol–water partition coefficient (Wildman–Crippen LogP) is 6.43. The maximum absolute atomic E-state index is 13.0. The van der Waals surface area contributed by atoms with Gasteiger partial charge in [0.2, 0.25) is 6.41 Å². The van der Waals surface area contributed by atoms with Crippen molar-refractivity contribution in [2.75, 3.05) is 13.7 Å². The van der Waals surface area contributed by atoms with E-state index in [0.29, 0.717) is 19.5 Å². The van der Waals surface area contributed by atoms with Crippen molar-refractivity contribution in [2.45, 2.75) is 129 Å². The Kier molecular flexibility index (Phi) is 14.2. The average Bonchev–Trinajstić information content (AvgIpc) is 2.92. The highest BCUT2D eigenvalue weighted by molar-refractivity contribution is 5.68. The number of aldehydes is 1. The van der Waals surface area contributed by atoms with Crippen LogP contribution in [-0.2, 0) is 25.6 Å². The first kappa shape index (κ1) is 33.4. The molecule has 1 saturated carbocycles. The van der Waals surface area contributed by atoms with Gasteiger partial charge in [-0.05, 0) is 95.9 Å². The molecule has 2 rings (SSSR count). The molecule has 0 heterocycles. The molecular formula is C33H50N2O5. The van der Waals surface area contributed by atoms with Gasteiger partial charge in [0.15, 0.2) is 0 Å². The van der Waals surface area contributed by atoms with Crippen LogP contribution in [0.3, 0.4) is 0 Å². The van der Waals surface area contributed by atoms with E-state index in [1.807, 2.05) is 57.7 Å². The van der Waals surface area contributed by atoms with Gasteiger partial charge in [-0.1, -0.05) is 37.7 Å². The molecular weight excluding hydrogens is 504 g/mol. The minimum Gasteiger partial charge on any atom is -0.444 e. The van der Waals surface area contributed by atoms with E-state index < -0.39 is 11.6 Å². The third-order valence-electron chi connectivity index (χ3n) is 7.48. The van der Waals surface area contributed by atoms with Crippen LogP contribution in [0.25, 0.3) is 0 Å². The summed E-state index contributed by atoms with van der Waals surface area (Å²) in [6, 6.07) is 5.84. The molecule has 1 unspecified atom stereocenters. The molecule has 1 aromatic rings. The summed E-state index contributed by atoms with van der Waals surface area (Å²) in [6.07, 6.45) is 10.7. The molecule has 0 N–H and O–H groups in total. The van der Waals surface area contributed by atoms with E-state index in [1.54, 1.807) is 12.0 Å². The molecule has 1 aromatic carbocycles. The molecule has 1 atom stereocenters. The van der Waals surface area contributed by atoms with Crippen LogP contribution >= 0.6 is 0 Å². The first-order valence-corrected chi connectivity index (χ1v) is 14.9. The number of amides is 2. The highest BCUT2D eigenvalue weighted by atomic mass is 16.6. The average molecular weight is 555 g/mol. The van der Waals surface area contributed by atoms with E-state index in [2.05, 4.69) is 11.8 Å². The van der Waals surface area contributed by atoms with E-state index >= 15 is 0 Å². The Labute approximate surface area is 242 Å². The standard InChI is InChI=1S/C33H50N2O5/c1-7-13-30(24-36)34(25-37)23-28-22-27(16-15-26(28)2)14-11-9-8-10-12-21-35(32(38)40-33(3,4)5)29-17-19-31(39-6)20-18-29/h15-16,22,24-25,29-31H,7-10,12-13,17-21,23H2,1-6H3. The fourth-order valence-electron chi connectivity index (χ4n) is 5.13. The normalized spacial score (nSPS) is 17.8. The van der Waals surface area contributed by atoms with Gasteiger partial charge in [0.05, 0.1) is 12.1 Å². The minimum atomic E-state index is -0.512. The summed E-state index contributed by atoms with van der Waals surface area (Å²) in [5, 5.41) is 0. The molecule has 0 spiro atoms. The van der Waals surface area contributed by atoms with Gasteiger partial charge >= 0.3 is 6.09 Å². The molecule has 0 bridgehead atoms. The lowest BCUT2D eigenvalue weighted by Crippen LogP contribution is -2.46. The number of hydrogen-bond acceptors (Lipinski definition) is 5. The molecule has 2 amide bonds. The van der Waals surface area contributed by atoms with Gasteiger partial charge in [0.1, 0.15) is 11.9 Å². The van der Waals surface area contributed by atoms with Crippen molar-refractivity contribution in [3.05, 3.63) is 34.9 Å². The largest absolute Gasteiger partial charge is 0.444 e. The monoisotopic (exact) mass is 554 g/mol. The second-order valence-corrected chi connectivity index (χ2v) is 11.9. The Morgan fingerprint density at radius 2 is 1.85 bits per heavy atom. The number of rotatable bonds is 14. The van der Waals surface area contributed by atoms with Crippen LogP contribution in [0.2, 0.25) is 0 Å². The molecule has 1 aliphatic carbocycles. The summed E-state index contributed by atoms with van der Waals surface area (Å²) in [4.78, 5) is 39.6. The molecule has 7 heteroatoms. The van der Waals surface area contributed by atoms with Crippen LogP contribution in [0.5, 0.6) is 0 Å². The maximum Gasteiger partial charge on any atom is 0.410 e. The highest BCUT2D eigenvalue weighted by Crippen LogP contribution is 2.27. The summed E-state index contributed by atoms with van der Waals surface area (Å²) >= 11 is 0. The van der Waals surface area contributed by atoms with Crippen LogP contribution in [0, 0.1) is 18.8 Å². The number of nitrogens with zero attached hydrogens (tertiary/aromatic N) is 2. The number of carbonyl (C=O) groups excluding carboxylic acids is 3. The number of methoxy groups -OCH3 is 1. The van der Waals surface area contributed by atoms with Gasteiger partial charge in [-0.15, -0.1) is 0 Å². The lowest BCUT2D eigenvalue weighted by Gasteiger charge is -2.37. The molecule has 0 aliphatic heterocycles. The van der Waals surface area contributed by atoms with Gasteiger partial charge in [0, 0.05) is 38.2 Å². The van der Waals surface area contributed by atoms with E-state index in [0.717, 1.165) is 87.2 Å². The summed E-state index contributed by atoms with van der Waals surface area (Å²) in [5.41, 5.74) is 2.47. The van der Waals surface area contributed by atoms with Crippen molar-refractivity contribution < 1.29 is 23.9 Å². The second-order valence-electron chi connectivity index (χ2n) is 11.9. The maximum atomic E-state index is 13.0. The van der Waals surface area contributed by atoms with Crippen LogP contribution in [0.4, 0.5) is 4.79 Å². The third kappa shape index (κ3) is 11.3. The smallest absolute Gasteiger partial charge is 0.410 e. The molecule has 40 heavy (non-hydrogen) atoms. The Hall–Kier alpha value is -2.85. The van der Waals surface area contributed by atoms with E-state index in [-0.39, 0.29) is 18.2 Å². The Morgan fingerprint density at radius 3 is 2.45 bits per heavy atom. The lowest BCUT2D eigenvalue weighted by molar-refractivity contribution is -0.126. The summed E-state index contributed by atoms with van der Waals surface area (Å²) < 4.78 is 11.2. The van der Waals surface area contributed by atoms with Gasteiger partial charge < -0.3 is 24.1 Å². The fourth-order valence-corrected chi connectivity index (χ4v) is 5.13. The van der Waals surface area contributed by atoms with Crippen LogP contribution in [0.1, 0.15) is 109 Å². The van der Waals surface area contributed by atoms with E-state index in [9.17, 15) is 14.4 Å². The number of ether oxygens (including phenoxy) is 2. The number of aryl methyl sites for hydroxylation is 1. The zero-order valence-electron chi connectivity index (χ0n) is 25.5. The topological polar surface area (TPSA) is 76.2 Å². The van der Waals surface area contributed by atoms with E-state index in [4.69, 9.17) is 9.47 Å². The fraction of sp³-hybridized carbons (Fsp3) is 0.667. The summed E-state index contributed by atoms with van der Waals surface area (Å²) in [7, 11) is 1.76. The van der Waals surface area contributed by atoms with Crippen molar-refractivity contribution in [1.82, 2.24) is 9.80 Å². The molecule has 0 radical (unpaired) electrons. The van der Waals surface area contributed by atoms with Crippen molar-refractivity contribution in [3.8, 4) is 11.8 Å². The second kappa shape index (κ2) is 17.1. The minimum absolute atomic E-state index is 0.204. The van der Waals surface area contributed by atoms with Gasteiger partial charge in [-0.3, -0.25) is 4.79 Å². The number of benzene rings is 1. The summed E-state index contributed by atoms with van der Waals surface area (Å²) in [5.74, 6) is 6.53. The van der Waals surface area contributed by atoms with Crippen LogP contribution in [0.15, 0.2) is 18.2 Å². The third-order valence-corrected chi connectivity index (χ3v) is 7.48. The van der Waals surface area contributed by atoms with Gasteiger partial charge in [-0.2, -0.15) is 0 Å². The summed E-state index contributed by atoms with van der Waals surface area (Å²) in [6.45, 7) is 10.8. The first-order chi connectivity index (χ1) is 19.1. The van der Waals surface area contributed by atoms with Gasteiger partial charge in [0.25, 0.3) is 0 Å². The molecule has 222 valence electrons. The molecule has 1 fully saturated rings. The van der Waals surface area contributed by atoms with Crippen molar-refractivity contribution in [3.63, 3.8) is 0 Å². The first-order valence-electron chi connectivity index (χ1n) is 14.9. The quantitative estimate of drug-likeness (QED) is 0.151. The number of unbranched alkanes of at least 4 members (excludes halogenated alkanes) is 3.